The minimum Gasteiger partial charge on any atom is -0.463 e. The zero-order chi connectivity index (χ0) is 13.0. The van der Waals surface area contributed by atoms with E-state index < -0.39 is 0 Å². The van der Waals surface area contributed by atoms with Gasteiger partial charge in [-0.05, 0) is 30.2 Å². The molecule has 0 bridgehead atoms. The van der Waals surface area contributed by atoms with E-state index in [1.165, 1.54) is 6.08 Å². The lowest BCUT2D eigenvalue weighted by Gasteiger charge is -2.01. The van der Waals surface area contributed by atoms with Crippen molar-refractivity contribution in [2.75, 3.05) is 13.4 Å². The monoisotopic (exact) mass is 268 g/mol. The minimum absolute atomic E-state index is 0.167. The first kappa shape index (κ1) is 12.8. The van der Waals surface area contributed by atoms with Crippen LogP contribution in [0.25, 0.3) is 6.08 Å². The molecule has 2 rings (SSSR count). The molecule has 0 unspecified atom stereocenters. The lowest BCUT2D eigenvalue weighted by Crippen LogP contribution is -2.00. The van der Waals surface area contributed by atoms with Gasteiger partial charge in [-0.25, -0.2) is 4.79 Å². The Hall–Kier alpha value is -1.68. The average molecular weight is 269 g/mol. The maximum absolute atomic E-state index is 11.3. The van der Waals surface area contributed by atoms with Crippen LogP contribution in [0.1, 0.15) is 18.9 Å². The van der Waals surface area contributed by atoms with Crippen LogP contribution < -0.4 is 9.47 Å². The normalized spacial score (nSPS) is 13.0. The number of hydrogen-bond acceptors (Lipinski definition) is 4. The van der Waals surface area contributed by atoms with E-state index in [0.717, 1.165) is 12.0 Å². The number of hydrogen-bond donors (Lipinski definition) is 0. The molecule has 0 atom stereocenters. The predicted octanol–water partition coefficient (Wildman–Crippen LogP) is 3.04. The van der Waals surface area contributed by atoms with Gasteiger partial charge in [-0.15, -0.1) is 0 Å². The van der Waals surface area contributed by atoms with E-state index in [-0.39, 0.29) is 12.8 Å². The lowest BCUT2D eigenvalue weighted by molar-refractivity contribution is -0.137. The number of rotatable bonds is 4. The quantitative estimate of drug-likeness (QED) is 0.622. The first-order chi connectivity index (χ1) is 8.70. The van der Waals surface area contributed by atoms with Crippen molar-refractivity contribution in [1.29, 1.82) is 0 Å². The highest BCUT2D eigenvalue weighted by molar-refractivity contribution is 6.32. The van der Waals surface area contributed by atoms with Crippen LogP contribution in [0.5, 0.6) is 11.5 Å². The summed E-state index contributed by atoms with van der Waals surface area (Å²) in [5, 5.41) is 0.464. The van der Waals surface area contributed by atoms with Crippen LogP contribution in [0.15, 0.2) is 18.2 Å². The summed E-state index contributed by atoms with van der Waals surface area (Å²) in [6.07, 6.45) is 3.80. The van der Waals surface area contributed by atoms with Crippen LogP contribution in [0.4, 0.5) is 0 Å². The van der Waals surface area contributed by atoms with E-state index in [9.17, 15) is 4.79 Å². The van der Waals surface area contributed by atoms with Gasteiger partial charge in [-0.2, -0.15) is 0 Å². The van der Waals surface area contributed by atoms with Crippen LogP contribution >= 0.6 is 11.6 Å². The van der Waals surface area contributed by atoms with E-state index in [2.05, 4.69) is 0 Å². The molecule has 0 aromatic heterocycles. The summed E-state index contributed by atoms with van der Waals surface area (Å²) >= 11 is 6.02. The summed E-state index contributed by atoms with van der Waals surface area (Å²) in [7, 11) is 0. The molecule has 0 saturated heterocycles. The van der Waals surface area contributed by atoms with Crippen LogP contribution in [-0.4, -0.2) is 19.4 Å². The fraction of sp³-hybridized carbons (Fsp3) is 0.308. The summed E-state index contributed by atoms with van der Waals surface area (Å²) in [5.74, 6) is 0.761. The topological polar surface area (TPSA) is 44.8 Å². The van der Waals surface area contributed by atoms with Crippen molar-refractivity contribution in [3.63, 3.8) is 0 Å². The second kappa shape index (κ2) is 5.78. The molecule has 0 aliphatic carbocycles. The molecule has 0 N–H and O–H groups in total. The fourth-order valence-corrected chi connectivity index (χ4v) is 1.77. The molecule has 1 heterocycles. The zero-order valence-corrected chi connectivity index (χ0v) is 10.7. The largest absolute Gasteiger partial charge is 0.463 e. The van der Waals surface area contributed by atoms with Crippen molar-refractivity contribution in [1.82, 2.24) is 0 Å². The second-order valence-electron chi connectivity index (χ2n) is 3.74. The Labute approximate surface area is 110 Å². The molecule has 1 aliphatic heterocycles. The molecular weight excluding hydrogens is 256 g/mol. The highest BCUT2D eigenvalue weighted by atomic mass is 35.5. The number of ether oxygens (including phenoxy) is 3. The number of esters is 1. The van der Waals surface area contributed by atoms with E-state index >= 15 is 0 Å². The average Bonchev–Trinajstić information content (AvgIpc) is 2.82. The maximum Gasteiger partial charge on any atom is 0.330 e. The Morgan fingerprint density at radius 2 is 2.33 bits per heavy atom. The Bertz CT molecular complexity index is 482. The predicted molar refractivity (Wildman–Crippen MR) is 67.9 cm³/mol. The summed E-state index contributed by atoms with van der Waals surface area (Å²) in [6, 6.07) is 3.47. The third kappa shape index (κ3) is 2.96. The molecular formula is C13H13ClO4. The molecule has 0 saturated carbocycles. The van der Waals surface area contributed by atoms with Gasteiger partial charge >= 0.3 is 5.97 Å². The second-order valence-corrected chi connectivity index (χ2v) is 4.14. The van der Waals surface area contributed by atoms with E-state index in [4.69, 9.17) is 25.8 Å². The molecule has 5 heteroatoms. The smallest absolute Gasteiger partial charge is 0.330 e. The van der Waals surface area contributed by atoms with Crippen molar-refractivity contribution < 1.29 is 19.0 Å². The number of halogens is 1. The minimum atomic E-state index is -0.370. The molecule has 18 heavy (non-hydrogen) atoms. The van der Waals surface area contributed by atoms with Gasteiger partial charge in [0.1, 0.15) is 0 Å². The molecule has 4 nitrogen and oxygen atoms in total. The zero-order valence-electron chi connectivity index (χ0n) is 9.94. The van der Waals surface area contributed by atoms with Gasteiger partial charge < -0.3 is 14.2 Å². The highest BCUT2D eigenvalue weighted by Crippen LogP contribution is 2.39. The summed E-state index contributed by atoms with van der Waals surface area (Å²) in [4.78, 5) is 11.3. The first-order valence-corrected chi connectivity index (χ1v) is 6.02. The van der Waals surface area contributed by atoms with Crippen LogP contribution in [0.3, 0.4) is 0 Å². The standard InChI is InChI=1S/C13H13ClO4/c1-2-5-16-12(15)4-3-9-6-10(14)13-11(7-9)17-8-18-13/h3-4,6-7H,2,5,8H2,1H3/b4-3+. The third-order valence-corrected chi connectivity index (χ3v) is 2.59. The molecule has 1 aliphatic rings. The van der Waals surface area contributed by atoms with Gasteiger partial charge in [0, 0.05) is 6.08 Å². The van der Waals surface area contributed by atoms with Crippen molar-refractivity contribution >= 4 is 23.6 Å². The number of benzene rings is 1. The number of carbonyl (C=O) groups excluding carboxylic acids is 1. The fourth-order valence-electron chi connectivity index (χ4n) is 1.50. The van der Waals surface area contributed by atoms with E-state index in [1.807, 2.05) is 6.92 Å². The van der Waals surface area contributed by atoms with Crippen molar-refractivity contribution in [2.24, 2.45) is 0 Å². The summed E-state index contributed by atoms with van der Waals surface area (Å²) in [5.41, 5.74) is 0.762. The molecule has 96 valence electrons. The van der Waals surface area contributed by atoms with Gasteiger partial charge in [0.05, 0.1) is 11.6 Å². The summed E-state index contributed by atoms with van der Waals surface area (Å²) < 4.78 is 15.3. The van der Waals surface area contributed by atoms with Crippen molar-refractivity contribution in [3.05, 3.63) is 28.8 Å². The molecule has 1 aromatic rings. The van der Waals surface area contributed by atoms with Gasteiger partial charge in [0.2, 0.25) is 6.79 Å². The van der Waals surface area contributed by atoms with Gasteiger partial charge in [0.15, 0.2) is 11.5 Å². The SMILES string of the molecule is CCCOC(=O)/C=C/c1cc(Cl)c2c(c1)OCO2. The highest BCUT2D eigenvalue weighted by Gasteiger charge is 2.17. The number of fused-ring (bicyclic) bond motifs is 1. The molecule has 0 amide bonds. The third-order valence-electron chi connectivity index (χ3n) is 2.31. The maximum atomic E-state index is 11.3. The van der Waals surface area contributed by atoms with Crippen LogP contribution in [0.2, 0.25) is 5.02 Å². The van der Waals surface area contributed by atoms with Gasteiger partial charge in [-0.3, -0.25) is 0 Å². The van der Waals surface area contributed by atoms with E-state index in [0.29, 0.717) is 23.1 Å². The summed E-state index contributed by atoms with van der Waals surface area (Å²) in [6.45, 7) is 2.53. The molecule has 0 radical (unpaired) electrons. The van der Waals surface area contributed by atoms with Gasteiger partial charge in [-0.1, -0.05) is 18.5 Å². The number of carbonyl (C=O) groups is 1. The van der Waals surface area contributed by atoms with E-state index in [1.54, 1.807) is 18.2 Å². The Kier molecular flexibility index (Phi) is 4.10. The van der Waals surface area contributed by atoms with Crippen LogP contribution in [-0.2, 0) is 9.53 Å². The van der Waals surface area contributed by atoms with Crippen molar-refractivity contribution in [2.45, 2.75) is 13.3 Å². The first-order valence-electron chi connectivity index (χ1n) is 5.64. The van der Waals surface area contributed by atoms with Crippen LogP contribution in [0, 0.1) is 0 Å². The molecule has 0 spiro atoms. The molecule has 1 aromatic carbocycles. The lowest BCUT2D eigenvalue weighted by atomic mass is 10.2. The van der Waals surface area contributed by atoms with Gasteiger partial charge in [0.25, 0.3) is 0 Å². The Balaban J connectivity index is 2.08. The Morgan fingerprint density at radius 1 is 1.50 bits per heavy atom. The molecule has 0 fully saturated rings. The Morgan fingerprint density at radius 3 is 3.11 bits per heavy atom. The van der Waals surface area contributed by atoms with Crippen molar-refractivity contribution in [3.8, 4) is 11.5 Å².